The number of nitrogens with zero attached hydrogens (tertiary/aromatic N) is 1. The first-order valence-electron chi connectivity index (χ1n) is 8.11. The molecule has 132 valence electrons. The summed E-state index contributed by atoms with van der Waals surface area (Å²) in [6.45, 7) is 2.40. The van der Waals surface area contributed by atoms with Crippen LogP contribution in [0.2, 0.25) is 0 Å². The third kappa shape index (κ3) is 3.85. The molecule has 1 aliphatic carbocycles. The molecule has 1 aromatic carbocycles. The van der Waals surface area contributed by atoms with Crippen LogP contribution in [0.15, 0.2) is 23.2 Å². The molecule has 0 radical (unpaired) electrons. The quantitative estimate of drug-likeness (QED) is 0.634. The fourth-order valence-electron chi connectivity index (χ4n) is 3.11. The summed E-state index contributed by atoms with van der Waals surface area (Å²) in [5.74, 6) is -0.531. The van der Waals surface area contributed by atoms with Crippen LogP contribution in [0.4, 0.5) is 8.78 Å². The Morgan fingerprint density at radius 3 is 2.58 bits per heavy atom. The van der Waals surface area contributed by atoms with Crippen LogP contribution in [-0.2, 0) is 9.84 Å². The van der Waals surface area contributed by atoms with Gasteiger partial charge >= 0.3 is 0 Å². The number of rotatable bonds is 4. The zero-order valence-corrected chi connectivity index (χ0v) is 14.2. The monoisotopic (exact) mass is 357 g/mol. The summed E-state index contributed by atoms with van der Waals surface area (Å²) in [4.78, 5) is 4.30. The van der Waals surface area contributed by atoms with Gasteiger partial charge in [-0.2, -0.15) is 0 Å². The number of benzene rings is 1. The molecule has 5 nitrogen and oxygen atoms in total. The van der Waals surface area contributed by atoms with Gasteiger partial charge in [-0.15, -0.1) is 0 Å². The van der Waals surface area contributed by atoms with Crippen LogP contribution >= 0.6 is 0 Å². The highest BCUT2D eigenvalue weighted by Gasteiger charge is 2.42. The maximum Gasteiger partial charge on any atom is 0.191 e. The smallest absolute Gasteiger partial charge is 0.191 e. The molecule has 1 aromatic rings. The van der Waals surface area contributed by atoms with Crippen molar-refractivity contribution >= 4 is 15.8 Å². The molecule has 1 heterocycles. The highest BCUT2D eigenvalue weighted by atomic mass is 32.2. The number of sulfone groups is 1. The summed E-state index contributed by atoms with van der Waals surface area (Å²) in [5.41, 5.74) is 0.106. The van der Waals surface area contributed by atoms with Crippen molar-refractivity contribution in [1.82, 2.24) is 10.6 Å². The molecule has 3 unspecified atom stereocenters. The SMILES string of the molecule is CCN=C(NC1CCS(=O)(=O)C1)NC1CC1c1c(F)cccc1F. The van der Waals surface area contributed by atoms with Crippen LogP contribution in [0.1, 0.15) is 31.2 Å². The molecule has 24 heavy (non-hydrogen) atoms. The molecule has 2 aliphatic rings. The minimum Gasteiger partial charge on any atom is -0.353 e. The van der Waals surface area contributed by atoms with Gasteiger partial charge in [-0.1, -0.05) is 6.07 Å². The van der Waals surface area contributed by atoms with Gasteiger partial charge in [0, 0.05) is 30.1 Å². The molecule has 3 rings (SSSR count). The third-order valence-electron chi connectivity index (χ3n) is 4.37. The fourth-order valence-corrected chi connectivity index (χ4v) is 4.78. The van der Waals surface area contributed by atoms with E-state index in [-0.39, 0.29) is 35.1 Å². The van der Waals surface area contributed by atoms with Crippen molar-refractivity contribution in [3.05, 3.63) is 35.4 Å². The first-order valence-corrected chi connectivity index (χ1v) is 9.93. The standard InChI is InChI=1S/C16H21F2N3O2S/c1-2-19-16(20-10-6-7-24(22,23)9-10)21-14-8-11(14)15-12(17)4-3-5-13(15)18/h3-5,10-11,14H,2,6-9H2,1H3,(H2,19,20,21). The predicted octanol–water partition coefficient (Wildman–Crippen LogP) is 1.56. The molecule has 0 bridgehead atoms. The lowest BCUT2D eigenvalue weighted by atomic mass is 10.1. The van der Waals surface area contributed by atoms with Gasteiger partial charge in [-0.25, -0.2) is 17.2 Å². The minimum absolute atomic E-state index is 0.0907. The highest BCUT2D eigenvalue weighted by Crippen LogP contribution is 2.43. The highest BCUT2D eigenvalue weighted by molar-refractivity contribution is 7.91. The largest absolute Gasteiger partial charge is 0.353 e. The molecular formula is C16H21F2N3O2S. The van der Waals surface area contributed by atoms with E-state index >= 15 is 0 Å². The predicted molar refractivity (Wildman–Crippen MR) is 88.8 cm³/mol. The molecule has 0 spiro atoms. The van der Waals surface area contributed by atoms with Gasteiger partial charge in [0.05, 0.1) is 11.5 Å². The third-order valence-corrected chi connectivity index (χ3v) is 6.14. The van der Waals surface area contributed by atoms with Crippen molar-refractivity contribution in [2.24, 2.45) is 4.99 Å². The van der Waals surface area contributed by atoms with Crippen molar-refractivity contribution in [2.45, 2.75) is 37.8 Å². The zero-order chi connectivity index (χ0) is 17.3. The van der Waals surface area contributed by atoms with Crippen LogP contribution in [0.3, 0.4) is 0 Å². The Morgan fingerprint density at radius 2 is 2.00 bits per heavy atom. The minimum atomic E-state index is -2.98. The van der Waals surface area contributed by atoms with Crippen LogP contribution in [0.25, 0.3) is 0 Å². The average molecular weight is 357 g/mol. The van der Waals surface area contributed by atoms with E-state index in [4.69, 9.17) is 0 Å². The van der Waals surface area contributed by atoms with Gasteiger partial charge in [-0.05, 0) is 31.9 Å². The van der Waals surface area contributed by atoms with Gasteiger partial charge in [0.25, 0.3) is 0 Å². The zero-order valence-electron chi connectivity index (χ0n) is 13.4. The second-order valence-corrected chi connectivity index (χ2v) is 8.52. The van der Waals surface area contributed by atoms with Gasteiger partial charge in [0.15, 0.2) is 15.8 Å². The molecular weight excluding hydrogens is 336 g/mol. The summed E-state index contributed by atoms with van der Waals surface area (Å²) in [6.07, 6.45) is 1.16. The molecule has 0 aromatic heterocycles. The molecule has 2 N–H and O–H groups in total. The van der Waals surface area contributed by atoms with Crippen molar-refractivity contribution < 1.29 is 17.2 Å². The van der Waals surface area contributed by atoms with Crippen molar-refractivity contribution in [1.29, 1.82) is 0 Å². The van der Waals surface area contributed by atoms with Crippen LogP contribution in [-0.4, -0.2) is 44.5 Å². The Morgan fingerprint density at radius 1 is 1.29 bits per heavy atom. The van der Waals surface area contributed by atoms with E-state index in [1.165, 1.54) is 18.2 Å². The summed E-state index contributed by atoms with van der Waals surface area (Å²) >= 11 is 0. The second-order valence-electron chi connectivity index (χ2n) is 6.30. The summed E-state index contributed by atoms with van der Waals surface area (Å²) in [7, 11) is -2.98. The number of guanidine groups is 1. The van der Waals surface area contributed by atoms with Crippen LogP contribution in [0, 0.1) is 11.6 Å². The Hall–Kier alpha value is -1.70. The van der Waals surface area contributed by atoms with Crippen LogP contribution < -0.4 is 10.6 Å². The molecule has 3 atom stereocenters. The molecule has 2 fully saturated rings. The van der Waals surface area contributed by atoms with E-state index < -0.39 is 21.5 Å². The van der Waals surface area contributed by atoms with Gasteiger partial charge in [0.1, 0.15) is 11.6 Å². The number of hydrogen-bond donors (Lipinski definition) is 2. The lowest BCUT2D eigenvalue weighted by Crippen LogP contribution is -2.45. The number of nitrogens with one attached hydrogen (secondary N) is 2. The van der Waals surface area contributed by atoms with E-state index in [1.807, 2.05) is 6.92 Å². The van der Waals surface area contributed by atoms with Crippen LogP contribution in [0.5, 0.6) is 0 Å². The first kappa shape index (κ1) is 17.1. The van der Waals surface area contributed by atoms with E-state index in [1.54, 1.807) is 0 Å². The number of aliphatic imine (C=N–C) groups is 1. The Labute approximate surface area is 140 Å². The Kier molecular flexibility index (Phi) is 4.76. The first-order chi connectivity index (χ1) is 11.4. The normalized spacial score (nSPS) is 28.6. The maximum absolute atomic E-state index is 13.8. The maximum atomic E-state index is 13.8. The summed E-state index contributed by atoms with van der Waals surface area (Å²) < 4.78 is 50.8. The average Bonchev–Trinajstić information content (AvgIpc) is 3.14. The lowest BCUT2D eigenvalue weighted by molar-refractivity contribution is 0.553. The molecule has 1 aliphatic heterocycles. The van der Waals surface area contributed by atoms with Gasteiger partial charge < -0.3 is 10.6 Å². The van der Waals surface area contributed by atoms with E-state index in [2.05, 4.69) is 15.6 Å². The second kappa shape index (κ2) is 6.66. The van der Waals surface area contributed by atoms with E-state index in [0.717, 1.165) is 0 Å². The molecule has 1 saturated heterocycles. The number of hydrogen-bond acceptors (Lipinski definition) is 3. The Bertz CT molecular complexity index is 731. The summed E-state index contributed by atoms with van der Waals surface area (Å²) in [5, 5.41) is 6.28. The van der Waals surface area contributed by atoms with Crippen molar-refractivity contribution in [2.75, 3.05) is 18.1 Å². The summed E-state index contributed by atoms with van der Waals surface area (Å²) in [6, 6.07) is 3.60. The topological polar surface area (TPSA) is 70.6 Å². The number of halogens is 2. The molecule has 1 saturated carbocycles. The van der Waals surface area contributed by atoms with Crippen molar-refractivity contribution in [3.63, 3.8) is 0 Å². The lowest BCUT2D eigenvalue weighted by Gasteiger charge is -2.16. The molecule has 0 amide bonds. The van der Waals surface area contributed by atoms with Crippen molar-refractivity contribution in [3.8, 4) is 0 Å². The fraction of sp³-hybridized carbons (Fsp3) is 0.562. The Balaban J connectivity index is 1.63. The van der Waals surface area contributed by atoms with E-state index in [0.29, 0.717) is 25.3 Å². The van der Waals surface area contributed by atoms with Gasteiger partial charge in [0.2, 0.25) is 0 Å². The molecule has 8 heteroatoms. The van der Waals surface area contributed by atoms with E-state index in [9.17, 15) is 17.2 Å². The van der Waals surface area contributed by atoms with Gasteiger partial charge in [-0.3, -0.25) is 4.99 Å².